The summed E-state index contributed by atoms with van der Waals surface area (Å²) in [6.45, 7) is 3.44. The quantitative estimate of drug-likeness (QED) is 0.887. The zero-order valence-electron chi connectivity index (χ0n) is 10.2. The molecule has 1 unspecified atom stereocenters. The Kier molecular flexibility index (Phi) is 3.42. The lowest BCUT2D eigenvalue weighted by Crippen LogP contribution is -2.40. The fourth-order valence-electron chi connectivity index (χ4n) is 1.67. The van der Waals surface area contributed by atoms with Crippen LogP contribution in [0.5, 0.6) is 0 Å². The Hall–Kier alpha value is -1.76. The molecule has 1 N–H and O–H groups in total. The van der Waals surface area contributed by atoms with Crippen molar-refractivity contribution in [3.05, 3.63) is 28.2 Å². The first-order valence-electron chi connectivity index (χ1n) is 5.60. The fraction of sp³-hybridized carbons (Fsp3) is 0.455. The number of hydrogen-bond donors (Lipinski definition) is 1. The highest BCUT2D eigenvalue weighted by molar-refractivity contribution is 7.07. The topological polar surface area (TPSA) is 80.9 Å². The molecule has 1 atom stereocenters. The zero-order chi connectivity index (χ0) is 13.2. The summed E-state index contributed by atoms with van der Waals surface area (Å²) in [6, 6.07) is 1.98. The summed E-state index contributed by atoms with van der Waals surface area (Å²) in [5, 5.41) is 24.7. The Morgan fingerprint density at radius 2 is 2.39 bits per heavy atom. The molecule has 0 radical (unpaired) electrons. The summed E-state index contributed by atoms with van der Waals surface area (Å²) in [7, 11) is 0. The first-order chi connectivity index (χ1) is 8.58. The van der Waals surface area contributed by atoms with Gasteiger partial charge in [0.1, 0.15) is 0 Å². The number of carboxylic acid groups (broad SMARTS) is 1. The molecule has 96 valence electrons. The van der Waals surface area contributed by atoms with E-state index in [9.17, 15) is 9.90 Å². The van der Waals surface area contributed by atoms with Crippen molar-refractivity contribution in [2.75, 3.05) is 0 Å². The highest BCUT2D eigenvalue weighted by Crippen LogP contribution is 2.22. The van der Waals surface area contributed by atoms with Crippen molar-refractivity contribution >= 4 is 17.3 Å². The van der Waals surface area contributed by atoms with Crippen molar-refractivity contribution in [3.63, 3.8) is 0 Å². The molecule has 0 aromatic carbocycles. The van der Waals surface area contributed by atoms with Gasteiger partial charge in [0.05, 0.1) is 0 Å². The van der Waals surface area contributed by atoms with E-state index in [1.54, 1.807) is 18.3 Å². The van der Waals surface area contributed by atoms with Gasteiger partial charge in [-0.25, -0.2) is 9.48 Å². The number of nitrogens with zero attached hydrogens (tertiary/aromatic N) is 4. The van der Waals surface area contributed by atoms with Gasteiger partial charge in [-0.05, 0) is 46.2 Å². The molecule has 0 aliphatic carbocycles. The molecule has 0 fully saturated rings. The van der Waals surface area contributed by atoms with Crippen molar-refractivity contribution in [3.8, 4) is 0 Å². The van der Waals surface area contributed by atoms with E-state index < -0.39 is 11.5 Å². The second-order valence-electron chi connectivity index (χ2n) is 4.25. The average molecular weight is 266 g/mol. The number of carbonyl (C=O) groups is 1. The van der Waals surface area contributed by atoms with Crippen molar-refractivity contribution in [1.82, 2.24) is 20.2 Å². The lowest BCUT2D eigenvalue weighted by atomic mass is 9.99. The summed E-state index contributed by atoms with van der Waals surface area (Å²) in [6.07, 6.45) is 0.962. The van der Waals surface area contributed by atoms with Gasteiger partial charge in [0, 0.05) is 6.42 Å². The van der Waals surface area contributed by atoms with E-state index in [2.05, 4.69) is 15.5 Å². The number of hydrogen-bond acceptors (Lipinski definition) is 5. The lowest BCUT2D eigenvalue weighted by Gasteiger charge is -2.23. The SMILES string of the molecule is CCC(C)(C(=O)O)n1nnnc1Cc1ccsc1. The molecule has 2 aromatic heterocycles. The standard InChI is InChI=1S/C11H14N4O2S/c1-3-11(2,10(16)17)15-9(12-13-14-15)6-8-4-5-18-7-8/h4-5,7H,3,6H2,1-2H3,(H,16,17). The van der Waals surface area contributed by atoms with Crippen LogP contribution in [0.4, 0.5) is 0 Å². The van der Waals surface area contributed by atoms with Crippen LogP contribution in [0.25, 0.3) is 0 Å². The molecular weight excluding hydrogens is 252 g/mol. The fourth-order valence-corrected chi connectivity index (χ4v) is 2.34. The Labute approximate surface area is 108 Å². The number of aliphatic carboxylic acids is 1. The molecule has 6 nitrogen and oxygen atoms in total. The maximum Gasteiger partial charge on any atom is 0.331 e. The summed E-state index contributed by atoms with van der Waals surface area (Å²) < 4.78 is 1.41. The van der Waals surface area contributed by atoms with Crippen LogP contribution in [-0.4, -0.2) is 31.3 Å². The minimum absolute atomic E-state index is 0.421. The summed E-state index contributed by atoms with van der Waals surface area (Å²) >= 11 is 1.59. The van der Waals surface area contributed by atoms with E-state index >= 15 is 0 Å². The maximum absolute atomic E-state index is 11.4. The van der Waals surface area contributed by atoms with Gasteiger partial charge in [0.15, 0.2) is 11.4 Å². The minimum Gasteiger partial charge on any atom is -0.479 e. The van der Waals surface area contributed by atoms with Gasteiger partial charge < -0.3 is 5.11 Å². The van der Waals surface area contributed by atoms with Gasteiger partial charge in [0.25, 0.3) is 0 Å². The van der Waals surface area contributed by atoms with Gasteiger partial charge >= 0.3 is 5.97 Å². The predicted molar refractivity (Wildman–Crippen MR) is 66.5 cm³/mol. The van der Waals surface area contributed by atoms with E-state index in [0.29, 0.717) is 18.7 Å². The number of tetrazole rings is 1. The van der Waals surface area contributed by atoms with Crippen molar-refractivity contribution in [2.24, 2.45) is 0 Å². The largest absolute Gasteiger partial charge is 0.479 e. The van der Waals surface area contributed by atoms with Crippen LogP contribution in [0.3, 0.4) is 0 Å². The molecule has 0 bridgehead atoms. The highest BCUT2D eigenvalue weighted by Gasteiger charge is 2.36. The monoisotopic (exact) mass is 266 g/mol. The van der Waals surface area contributed by atoms with Crippen LogP contribution in [-0.2, 0) is 16.8 Å². The molecule has 0 saturated heterocycles. The number of aromatic nitrogens is 4. The second kappa shape index (κ2) is 4.85. The maximum atomic E-state index is 11.4. The van der Waals surface area contributed by atoms with Gasteiger partial charge in [-0.3, -0.25) is 0 Å². The minimum atomic E-state index is -1.10. The predicted octanol–water partition coefficient (Wildman–Crippen LogP) is 1.54. The molecule has 0 aliphatic heterocycles. The second-order valence-corrected chi connectivity index (χ2v) is 5.03. The third-order valence-corrected chi connectivity index (χ3v) is 3.83. The number of rotatable bonds is 5. The van der Waals surface area contributed by atoms with Gasteiger partial charge in [-0.15, -0.1) is 5.10 Å². The summed E-state index contributed by atoms with van der Waals surface area (Å²) in [5.74, 6) is -0.357. The molecule has 0 spiro atoms. The Morgan fingerprint density at radius 3 is 2.94 bits per heavy atom. The highest BCUT2D eigenvalue weighted by atomic mass is 32.1. The smallest absolute Gasteiger partial charge is 0.331 e. The van der Waals surface area contributed by atoms with Crippen molar-refractivity contribution < 1.29 is 9.90 Å². The van der Waals surface area contributed by atoms with E-state index in [1.807, 2.05) is 23.8 Å². The molecule has 7 heteroatoms. The van der Waals surface area contributed by atoms with Gasteiger partial charge in [-0.2, -0.15) is 11.3 Å². The molecule has 2 aromatic rings. The third kappa shape index (κ3) is 2.13. The molecular formula is C11H14N4O2S. The average Bonchev–Trinajstić information content (AvgIpc) is 3.00. The number of carboxylic acids is 1. The molecule has 0 saturated carbocycles. The van der Waals surface area contributed by atoms with Crippen LogP contribution in [0, 0.1) is 0 Å². The van der Waals surface area contributed by atoms with Gasteiger partial charge in [0.2, 0.25) is 0 Å². The molecule has 0 aliphatic rings. The van der Waals surface area contributed by atoms with E-state index in [4.69, 9.17) is 0 Å². The molecule has 0 amide bonds. The van der Waals surface area contributed by atoms with Crippen LogP contribution in [0.1, 0.15) is 31.7 Å². The number of thiophene rings is 1. The van der Waals surface area contributed by atoms with Crippen LogP contribution < -0.4 is 0 Å². The van der Waals surface area contributed by atoms with Crippen molar-refractivity contribution in [2.45, 2.75) is 32.2 Å². The van der Waals surface area contributed by atoms with E-state index in [0.717, 1.165) is 5.56 Å². The van der Waals surface area contributed by atoms with Crippen molar-refractivity contribution in [1.29, 1.82) is 0 Å². The Bertz CT molecular complexity index is 537. The Morgan fingerprint density at radius 1 is 1.61 bits per heavy atom. The zero-order valence-corrected chi connectivity index (χ0v) is 11.0. The normalized spacial score (nSPS) is 14.3. The van der Waals surface area contributed by atoms with Gasteiger partial charge in [-0.1, -0.05) is 6.92 Å². The van der Waals surface area contributed by atoms with E-state index in [-0.39, 0.29) is 0 Å². The van der Waals surface area contributed by atoms with Crippen LogP contribution >= 0.6 is 11.3 Å². The van der Waals surface area contributed by atoms with Crippen LogP contribution in [0.2, 0.25) is 0 Å². The molecule has 2 heterocycles. The van der Waals surface area contributed by atoms with Crippen LogP contribution in [0.15, 0.2) is 16.8 Å². The Balaban J connectivity index is 2.35. The third-order valence-electron chi connectivity index (χ3n) is 3.09. The molecule has 18 heavy (non-hydrogen) atoms. The first-order valence-corrected chi connectivity index (χ1v) is 6.54. The first kappa shape index (κ1) is 12.7. The lowest BCUT2D eigenvalue weighted by molar-refractivity contribution is -0.147. The summed E-state index contributed by atoms with van der Waals surface area (Å²) in [5.41, 5.74) is -0.0191. The molecule has 2 rings (SSSR count). The summed E-state index contributed by atoms with van der Waals surface area (Å²) in [4.78, 5) is 11.4. The van der Waals surface area contributed by atoms with E-state index in [1.165, 1.54) is 4.68 Å².